The van der Waals surface area contributed by atoms with Gasteiger partial charge < -0.3 is 5.73 Å². The zero-order valence-corrected chi connectivity index (χ0v) is 7.89. The average Bonchev–Trinajstić information content (AvgIpc) is 2.85. The summed E-state index contributed by atoms with van der Waals surface area (Å²) >= 11 is 5.69. The van der Waals surface area contributed by atoms with Gasteiger partial charge in [-0.15, -0.1) is 0 Å². The molecule has 1 fully saturated rings. The van der Waals surface area contributed by atoms with Crippen molar-refractivity contribution >= 4 is 11.6 Å². The van der Waals surface area contributed by atoms with Gasteiger partial charge in [0.15, 0.2) is 0 Å². The van der Waals surface area contributed by atoms with Gasteiger partial charge in [-0.3, -0.25) is 0 Å². The van der Waals surface area contributed by atoms with Crippen LogP contribution >= 0.6 is 11.6 Å². The van der Waals surface area contributed by atoms with E-state index in [0.29, 0.717) is 10.6 Å². The fourth-order valence-electron chi connectivity index (χ4n) is 1.36. The Kier molecular flexibility index (Phi) is 2.05. The molecule has 3 heteroatoms. The molecule has 2 N–H and O–H groups in total. The lowest BCUT2D eigenvalue weighted by Gasteiger charge is -2.15. The summed E-state index contributed by atoms with van der Waals surface area (Å²) in [7, 11) is 0. The Bertz CT molecular complexity index is 305. The molecule has 13 heavy (non-hydrogen) atoms. The standard InChI is InChI=1S/C10H11ClFN/c11-8-3-1-7(2-4-8)9(12)10(13)5-6-10/h1-4,9H,5-6,13H2. The lowest BCUT2D eigenvalue weighted by Crippen LogP contribution is -2.27. The largest absolute Gasteiger partial charge is 0.322 e. The van der Waals surface area contributed by atoms with Crippen LogP contribution in [0.4, 0.5) is 4.39 Å². The van der Waals surface area contributed by atoms with Crippen molar-refractivity contribution < 1.29 is 4.39 Å². The monoisotopic (exact) mass is 199 g/mol. The molecule has 0 aliphatic heterocycles. The van der Waals surface area contributed by atoms with Crippen LogP contribution in [0.25, 0.3) is 0 Å². The van der Waals surface area contributed by atoms with Crippen molar-refractivity contribution in [2.75, 3.05) is 0 Å². The third-order valence-corrected chi connectivity index (χ3v) is 2.75. The summed E-state index contributed by atoms with van der Waals surface area (Å²) < 4.78 is 13.7. The Morgan fingerprint density at radius 2 is 1.85 bits per heavy atom. The van der Waals surface area contributed by atoms with Crippen molar-refractivity contribution in [3.8, 4) is 0 Å². The van der Waals surface area contributed by atoms with Gasteiger partial charge in [-0.05, 0) is 30.5 Å². The van der Waals surface area contributed by atoms with Crippen molar-refractivity contribution in [3.05, 3.63) is 34.9 Å². The second kappa shape index (κ2) is 2.96. The highest BCUT2D eigenvalue weighted by atomic mass is 35.5. The van der Waals surface area contributed by atoms with Crippen LogP contribution in [0.1, 0.15) is 24.6 Å². The Balaban J connectivity index is 2.20. The Hall–Kier alpha value is -0.600. The number of halogens is 2. The van der Waals surface area contributed by atoms with Crippen molar-refractivity contribution in [1.29, 1.82) is 0 Å². The van der Waals surface area contributed by atoms with Gasteiger partial charge in [0, 0.05) is 5.02 Å². The van der Waals surface area contributed by atoms with Gasteiger partial charge in [-0.1, -0.05) is 23.7 Å². The van der Waals surface area contributed by atoms with Crippen LogP contribution in [0, 0.1) is 0 Å². The maximum atomic E-state index is 13.7. The maximum absolute atomic E-state index is 13.7. The molecule has 1 aromatic rings. The maximum Gasteiger partial charge on any atom is 0.143 e. The van der Waals surface area contributed by atoms with E-state index in [2.05, 4.69) is 0 Å². The van der Waals surface area contributed by atoms with E-state index < -0.39 is 11.7 Å². The first kappa shape index (κ1) is 8.97. The quantitative estimate of drug-likeness (QED) is 0.779. The predicted molar refractivity (Wildman–Crippen MR) is 51.5 cm³/mol. The van der Waals surface area contributed by atoms with Crippen molar-refractivity contribution in [3.63, 3.8) is 0 Å². The molecule has 70 valence electrons. The summed E-state index contributed by atoms with van der Waals surface area (Å²) in [5, 5.41) is 0.623. The van der Waals surface area contributed by atoms with Gasteiger partial charge in [0.1, 0.15) is 6.17 Å². The minimum atomic E-state index is -1.05. The van der Waals surface area contributed by atoms with Gasteiger partial charge in [0.2, 0.25) is 0 Å². The van der Waals surface area contributed by atoms with Crippen LogP contribution in [-0.2, 0) is 0 Å². The normalized spacial score (nSPS) is 21.2. The summed E-state index contributed by atoms with van der Waals surface area (Å²) in [6.45, 7) is 0. The Morgan fingerprint density at radius 3 is 2.31 bits per heavy atom. The summed E-state index contributed by atoms with van der Waals surface area (Å²) in [5.41, 5.74) is 5.78. The smallest absolute Gasteiger partial charge is 0.143 e. The van der Waals surface area contributed by atoms with Crippen LogP contribution in [0.3, 0.4) is 0 Å². The van der Waals surface area contributed by atoms with Gasteiger partial charge in [-0.25, -0.2) is 4.39 Å². The van der Waals surface area contributed by atoms with Crippen LogP contribution in [0.5, 0.6) is 0 Å². The molecule has 0 heterocycles. The molecule has 1 saturated carbocycles. The fraction of sp³-hybridized carbons (Fsp3) is 0.400. The van der Waals surface area contributed by atoms with Gasteiger partial charge in [0.05, 0.1) is 5.54 Å². The molecule has 1 unspecified atom stereocenters. The molecule has 0 amide bonds. The molecule has 1 aromatic carbocycles. The molecule has 1 aliphatic rings. The van der Waals surface area contributed by atoms with E-state index in [4.69, 9.17) is 17.3 Å². The van der Waals surface area contributed by atoms with Crippen LogP contribution < -0.4 is 5.73 Å². The van der Waals surface area contributed by atoms with Crippen molar-refractivity contribution in [1.82, 2.24) is 0 Å². The third-order valence-electron chi connectivity index (χ3n) is 2.49. The fourth-order valence-corrected chi connectivity index (χ4v) is 1.49. The van der Waals surface area contributed by atoms with E-state index in [1.54, 1.807) is 24.3 Å². The zero-order valence-electron chi connectivity index (χ0n) is 7.13. The SMILES string of the molecule is NC1(C(F)c2ccc(Cl)cc2)CC1. The highest BCUT2D eigenvalue weighted by Crippen LogP contribution is 2.45. The summed E-state index contributed by atoms with van der Waals surface area (Å²) in [5.74, 6) is 0. The minimum Gasteiger partial charge on any atom is -0.322 e. The lowest BCUT2D eigenvalue weighted by molar-refractivity contribution is 0.274. The molecule has 0 radical (unpaired) electrons. The Morgan fingerprint density at radius 1 is 1.31 bits per heavy atom. The number of hydrogen-bond acceptors (Lipinski definition) is 1. The predicted octanol–water partition coefficient (Wildman–Crippen LogP) is 2.84. The van der Waals surface area contributed by atoms with Crippen molar-refractivity contribution in [2.24, 2.45) is 5.73 Å². The minimum absolute atomic E-state index is 0.603. The molecule has 0 aromatic heterocycles. The molecule has 2 rings (SSSR count). The second-order valence-corrected chi connectivity index (χ2v) is 4.08. The summed E-state index contributed by atoms with van der Waals surface area (Å²) in [6, 6.07) is 6.77. The average molecular weight is 200 g/mol. The second-order valence-electron chi connectivity index (χ2n) is 3.65. The number of rotatable bonds is 2. The molecule has 0 spiro atoms. The van der Waals surface area contributed by atoms with Gasteiger partial charge in [0.25, 0.3) is 0 Å². The number of hydrogen-bond donors (Lipinski definition) is 1. The summed E-state index contributed by atoms with van der Waals surface area (Å²) in [6.07, 6.45) is 0.498. The van der Waals surface area contributed by atoms with Gasteiger partial charge in [-0.2, -0.15) is 0 Å². The highest BCUT2D eigenvalue weighted by Gasteiger charge is 2.47. The number of benzene rings is 1. The first-order valence-electron chi connectivity index (χ1n) is 4.30. The van der Waals surface area contributed by atoms with Gasteiger partial charge >= 0.3 is 0 Å². The summed E-state index contributed by atoms with van der Waals surface area (Å²) in [4.78, 5) is 0. The highest BCUT2D eigenvalue weighted by molar-refractivity contribution is 6.30. The lowest BCUT2D eigenvalue weighted by atomic mass is 10.0. The van der Waals surface area contributed by atoms with E-state index in [0.717, 1.165) is 12.8 Å². The molecule has 0 saturated heterocycles. The molecular formula is C10H11ClFN. The van der Waals surface area contributed by atoms with Crippen molar-refractivity contribution in [2.45, 2.75) is 24.6 Å². The number of alkyl halides is 1. The zero-order chi connectivity index (χ0) is 9.47. The topological polar surface area (TPSA) is 26.0 Å². The molecule has 1 nitrogen and oxygen atoms in total. The van der Waals surface area contributed by atoms with E-state index in [-0.39, 0.29) is 0 Å². The Labute approximate surface area is 81.7 Å². The first-order valence-corrected chi connectivity index (χ1v) is 4.68. The molecule has 1 aliphatic carbocycles. The third kappa shape index (κ3) is 1.69. The molecule has 0 bridgehead atoms. The molecule has 1 atom stereocenters. The van der Waals surface area contributed by atoms with E-state index in [9.17, 15) is 4.39 Å². The van der Waals surface area contributed by atoms with E-state index in [1.165, 1.54) is 0 Å². The van der Waals surface area contributed by atoms with E-state index >= 15 is 0 Å². The van der Waals surface area contributed by atoms with Crippen LogP contribution in [0.15, 0.2) is 24.3 Å². The first-order chi connectivity index (χ1) is 6.12. The molecular weight excluding hydrogens is 189 g/mol. The van der Waals surface area contributed by atoms with E-state index in [1.807, 2.05) is 0 Å². The van der Waals surface area contributed by atoms with Crippen LogP contribution in [0.2, 0.25) is 5.02 Å². The number of nitrogens with two attached hydrogens (primary N) is 1. The van der Waals surface area contributed by atoms with Crippen LogP contribution in [-0.4, -0.2) is 5.54 Å².